The van der Waals surface area contributed by atoms with Crippen LogP contribution in [0.2, 0.25) is 0 Å². The predicted molar refractivity (Wildman–Crippen MR) is 111 cm³/mol. The summed E-state index contributed by atoms with van der Waals surface area (Å²) in [5.74, 6) is -0.734. The lowest BCUT2D eigenvalue weighted by Crippen LogP contribution is -2.44. The van der Waals surface area contributed by atoms with E-state index in [0.717, 1.165) is 16.5 Å². The lowest BCUT2D eigenvalue weighted by Gasteiger charge is -2.31. The van der Waals surface area contributed by atoms with Gasteiger partial charge in [-0.15, -0.1) is 0 Å². The van der Waals surface area contributed by atoms with Gasteiger partial charge in [0, 0.05) is 36.3 Å². The summed E-state index contributed by atoms with van der Waals surface area (Å²) < 4.78 is 17.6. The van der Waals surface area contributed by atoms with Crippen LogP contribution in [0.4, 0.5) is 0 Å². The molecule has 0 bridgehead atoms. The number of cyclic esters (lactones) is 1. The van der Waals surface area contributed by atoms with Crippen molar-refractivity contribution in [3.63, 3.8) is 0 Å². The first kappa shape index (κ1) is 19.9. The molecule has 8 heteroatoms. The van der Waals surface area contributed by atoms with Crippen LogP contribution in [0.15, 0.2) is 35.1 Å². The van der Waals surface area contributed by atoms with Gasteiger partial charge in [0.1, 0.15) is 6.61 Å². The summed E-state index contributed by atoms with van der Waals surface area (Å²) in [7, 11) is 3.12. The van der Waals surface area contributed by atoms with E-state index in [-0.39, 0.29) is 18.6 Å². The van der Waals surface area contributed by atoms with Crippen LogP contribution in [0.1, 0.15) is 41.9 Å². The fourth-order valence-electron chi connectivity index (χ4n) is 4.57. The SMILES string of the molecule is CC[C@@]1(O)C(=O)OCc2c1cc1n(c2=O)Cc2cc3cccc(C(OC)OC)c3nc2-1. The second-order valence-corrected chi connectivity index (χ2v) is 7.82. The van der Waals surface area contributed by atoms with Crippen molar-refractivity contribution in [1.29, 1.82) is 0 Å². The van der Waals surface area contributed by atoms with Crippen molar-refractivity contribution < 1.29 is 24.1 Å². The summed E-state index contributed by atoms with van der Waals surface area (Å²) in [4.78, 5) is 30.4. The van der Waals surface area contributed by atoms with Crippen molar-refractivity contribution in [2.24, 2.45) is 0 Å². The van der Waals surface area contributed by atoms with Gasteiger partial charge in [0.2, 0.25) is 0 Å². The minimum atomic E-state index is -1.84. The fourth-order valence-corrected chi connectivity index (χ4v) is 4.57. The van der Waals surface area contributed by atoms with Crippen molar-refractivity contribution >= 4 is 16.9 Å². The average molecular weight is 422 g/mol. The number of methoxy groups -OCH3 is 2. The topological polar surface area (TPSA) is 99.9 Å². The average Bonchev–Trinajstić information content (AvgIpc) is 3.14. The lowest BCUT2D eigenvalue weighted by molar-refractivity contribution is -0.172. The molecule has 0 unspecified atom stereocenters. The highest BCUT2D eigenvalue weighted by atomic mass is 16.7. The molecule has 3 aromatic rings. The van der Waals surface area contributed by atoms with Gasteiger partial charge in [-0.05, 0) is 18.6 Å². The quantitative estimate of drug-likeness (QED) is 0.398. The summed E-state index contributed by atoms with van der Waals surface area (Å²) in [6, 6.07) is 9.46. The Balaban J connectivity index is 1.77. The van der Waals surface area contributed by atoms with Gasteiger partial charge in [-0.2, -0.15) is 0 Å². The molecule has 0 spiro atoms. The number of rotatable bonds is 4. The Morgan fingerprint density at radius 1 is 1.26 bits per heavy atom. The van der Waals surface area contributed by atoms with Crippen LogP contribution in [0.5, 0.6) is 0 Å². The van der Waals surface area contributed by atoms with E-state index in [1.807, 2.05) is 24.3 Å². The summed E-state index contributed by atoms with van der Waals surface area (Å²) in [5.41, 5.74) is 2.08. The number of hydrogen-bond donors (Lipinski definition) is 1. The van der Waals surface area contributed by atoms with Gasteiger partial charge in [0.05, 0.1) is 29.0 Å². The molecule has 0 radical (unpaired) electrons. The van der Waals surface area contributed by atoms with Crippen LogP contribution in [-0.4, -0.2) is 34.8 Å². The molecule has 4 heterocycles. The summed E-state index contributed by atoms with van der Waals surface area (Å²) in [6.45, 7) is 1.90. The van der Waals surface area contributed by atoms with Gasteiger partial charge in [0.25, 0.3) is 5.56 Å². The number of aliphatic hydroxyl groups is 1. The van der Waals surface area contributed by atoms with Crippen LogP contribution >= 0.6 is 0 Å². The molecule has 0 fully saturated rings. The number of esters is 1. The van der Waals surface area contributed by atoms with Crippen molar-refractivity contribution in [2.45, 2.75) is 38.4 Å². The van der Waals surface area contributed by atoms with Gasteiger partial charge in [0.15, 0.2) is 11.9 Å². The largest absolute Gasteiger partial charge is 0.458 e. The number of pyridine rings is 2. The predicted octanol–water partition coefficient (Wildman–Crippen LogP) is 2.37. The minimum absolute atomic E-state index is 0.104. The lowest BCUT2D eigenvalue weighted by atomic mass is 9.86. The van der Waals surface area contributed by atoms with E-state index in [2.05, 4.69) is 0 Å². The van der Waals surface area contributed by atoms with E-state index in [1.165, 1.54) is 0 Å². The first-order valence-corrected chi connectivity index (χ1v) is 10.1. The molecule has 0 amide bonds. The molecule has 2 aliphatic rings. The Morgan fingerprint density at radius 3 is 2.74 bits per heavy atom. The van der Waals surface area contributed by atoms with Crippen LogP contribution in [0.25, 0.3) is 22.3 Å². The Bertz CT molecular complexity index is 1290. The Morgan fingerprint density at radius 2 is 2.03 bits per heavy atom. The van der Waals surface area contributed by atoms with Crippen LogP contribution < -0.4 is 5.56 Å². The van der Waals surface area contributed by atoms with E-state index in [1.54, 1.807) is 31.8 Å². The number of ether oxygens (including phenoxy) is 3. The van der Waals surface area contributed by atoms with Crippen molar-refractivity contribution in [1.82, 2.24) is 9.55 Å². The number of para-hydroxylation sites is 1. The highest BCUT2D eigenvalue weighted by Gasteiger charge is 2.45. The number of benzene rings is 1. The molecular weight excluding hydrogens is 400 g/mol. The summed E-state index contributed by atoms with van der Waals surface area (Å²) in [5, 5.41) is 11.9. The highest BCUT2D eigenvalue weighted by Crippen LogP contribution is 2.39. The monoisotopic (exact) mass is 422 g/mol. The maximum absolute atomic E-state index is 13.2. The zero-order chi connectivity index (χ0) is 21.9. The van der Waals surface area contributed by atoms with Crippen LogP contribution in [0.3, 0.4) is 0 Å². The Kier molecular flexibility index (Phi) is 4.47. The molecule has 5 rings (SSSR count). The number of carbonyl (C=O) groups is 1. The van der Waals surface area contributed by atoms with E-state index < -0.39 is 17.9 Å². The van der Waals surface area contributed by atoms with Gasteiger partial charge < -0.3 is 23.9 Å². The zero-order valence-corrected chi connectivity index (χ0v) is 17.5. The molecule has 0 saturated heterocycles. The summed E-state index contributed by atoms with van der Waals surface area (Å²) >= 11 is 0. The van der Waals surface area contributed by atoms with Crippen LogP contribution in [0, 0.1) is 0 Å². The number of carbonyl (C=O) groups excluding carboxylic acids is 1. The molecule has 1 N–H and O–H groups in total. The smallest absolute Gasteiger partial charge is 0.343 e. The maximum Gasteiger partial charge on any atom is 0.343 e. The molecule has 0 aliphatic carbocycles. The minimum Gasteiger partial charge on any atom is -0.458 e. The van der Waals surface area contributed by atoms with E-state index in [9.17, 15) is 14.7 Å². The number of aromatic nitrogens is 2. The van der Waals surface area contributed by atoms with Gasteiger partial charge >= 0.3 is 5.97 Å². The second kappa shape index (κ2) is 6.98. The van der Waals surface area contributed by atoms with E-state index in [4.69, 9.17) is 19.2 Å². The number of nitrogens with zero attached hydrogens (tertiary/aromatic N) is 2. The molecule has 2 aliphatic heterocycles. The van der Waals surface area contributed by atoms with Crippen LogP contribution in [-0.2, 0) is 37.8 Å². The molecule has 8 nitrogen and oxygen atoms in total. The van der Waals surface area contributed by atoms with Crippen molar-refractivity contribution in [3.05, 3.63) is 62.9 Å². The van der Waals surface area contributed by atoms with Gasteiger partial charge in [-0.1, -0.05) is 25.1 Å². The Hall–Kier alpha value is -3.07. The van der Waals surface area contributed by atoms with E-state index >= 15 is 0 Å². The molecule has 0 saturated carbocycles. The zero-order valence-electron chi connectivity index (χ0n) is 17.5. The molecule has 160 valence electrons. The maximum atomic E-state index is 13.2. The second-order valence-electron chi connectivity index (χ2n) is 7.82. The number of hydrogen-bond acceptors (Lipinski definition) is 7. The number of fused-ring (bicyclic) bond motifs is 5. The highest BCUT2D eigenvalue weighted by molar-refractivity contribution is 5.88. The molecular formula is C23H22N2O6. The first-order valence-electron chi connectivity index (χ1n) is 10.1. The van der Waals surface area contributed by atoms with E-state index in [0.29, 0.717) is 34.6 Å². The van der Waals surface area contributed by atoms with Crippen molar-refractivity contribution in [3.8, 4) is 11.4 Å². The van der Waals surface area contributed by atoms with Gasteiger partial charge in [-0.25, -0.2) is 9.78 Å². The first-order chi connectivity index (χ1) is 14.9. The Labute approximate surface area is 178 Å². The molecule has 1 aromatic carbocycles. The third-order valence-electron chi connectivity index (χ3n) is 6.25. The normalized spacial score (nSPS) is 19.3. The molecule has 1 atom stereocenters. The fraction of sp³-hybridized carbons (Fsp3) is 0.348. The molecule has 2 aromatic heterocycles. The van der Waals surface area contributed by atoms with Crippen molar-refractivity contribution in [2.75, 3.05) is 14.2 Å². The third kappa shape index (κ3) is 2.69. The molecule has 31 heavy (non-hydrogen) atoms. The standard InChI is InChI=1S/C23H22N2O6/c1-4-23(28)16-9-17-19-13(10-25(17)20(26)15(16)11-31-22(23)27)8-12-6-5-7-14(18(12)24-19)21(29-2)30-3/h5-9,21,28H,4,10-11H2,1-3H3/t23-/m0/s1. The third-order valence-corrected chi connectivity index (χ3v) is 6.25. The summed E-state index contributed by atoms with van der Waals surface area (Å²) in [6.07, 6.45) is -0.478. The van der Waals surface area contributed by atoms with Gasteiger partial charge in [-0.3, -0.25) is 4.79 Å².